The van der Waals surface area contributed by atoms with Crippen LogP contribution in [-0.4, -0.2) is 21.3 Å². The first-order chi connectivity index (χ1) is 8.56. The van der Waals surface area contributed by atoms with Crippen molar-refractivity contribution < 1.29 is 18.7 Å². The minimum atomic E-state index is -1.12. The Morgan fingerprint density at radius 1 is 1.44 bits per heavy atom. The Kier molecular flexibility index (Phi) is 3.52. The third-order valence-electron chi connectivity index (χ3n) is 1.97. The molecule has 1 heterocycles. The Morgan fingerprint density at radius 2 is 2.22 bits per heavy atom. The maximum Gasteiger partial charge on any atom is 0.328 e. The van der Waals surface area contributed by atoms with Crippen LogP contribution in [0.25, 0.3) is 17.5 Å². The number of aliphatic carboxylic acids is 1. The number of carboxylic acid groups (broad SMARTS) is 1. The number of benzene rings is 1. The molecule has 0 saturated carbocycles. The number of carboxylic acids is 1. The Hall–Kier alpha value is -2.02. The molecule has 2 aromatic rings. The highest BCUT2D eigenvalue weighted by molar-refractivity contribution is 9.10. The van der Waals surface area contributed by atoms with Crippen molar-refractivity contribution in [3.63, 3.8) is 0 Å². The van der Waals surface area contributed by atoms with Crippen molar-refractivity contribution in [1.29, 1.82) is 0 Å². The summed E-state index contributed by atoms with van der Waals surface area (Å²) in [5.74, 6) is -1.43. The standard InChI is InChI=1S/C11H6BrFN2O3/c12-8-2-1-6(13)5-7(8)11-15-14-9(18-11)3-4-10(16)17/h1-5H,(H,16,17)/b4-3+. The van der Waals surface area contributed by atoms with E-state index in [1.54, 1.807) is 0 Å². The Morgan fingerprint density at radius 3 is 2.94 bits per heavy atom. The molecule has 0 radical (unpaired) electrons. The van der Waals surface area contributed by atoms with Gasteiger partial charge in [-0.2, -0.15) is 0 Å². The summed E-state index contributed by atoms with van der Waals surface area (Å²) in [4.78, 5) is 10.3. The van der Waals surface area contributed by atoms with Gasteiger partial charge in [-0.3, -0.25) is 0 Å². The third kappa shape index (κ3) is 2.80. The molecular formula is C11H6BrFN2O3. The van der Waals surface area contributed by atoms with Gasteiger partial charge in [-0.05, 0) is 34.1 Å². The summed E-state index contributed by atoms with van der Waals surface area (Å²) >= 11 is 3.23. The van der Waals surface area contributed by atoms with E-state index in [2.05, 4.69) is 26.1 Å². The van der Waals surface area contributed by atoms with Gasteiger partial charge in [0.25, 0.3) is 0 Å². The first kappa shape index (κ1) is 12.4. The van der Waals surface area contributed by atoms with E-state index in [0.29, 0.717) is 10.0 Å². The van der Waals surface area contributed by atoms with Crippen LogP contribution in [0.5, 0.6) is 0 Å². The molecule has 0 aliphatic carbocycles. The van der Waals surface area contributed by atoms with E-state index in [0.717, 1.165) is 12.2 Å². The molecule has 0 aliphatic rings. The van der Waals surface area contributed by atoms with Gasteiger partial charge in [-0.25, -0.2) is 9.18 Å². The summed E-state index contributed by atoms with van der Waals surface area (Å²) in [5.41, 5.74) is 0.400. The van der Waals surface area contributed by atoms with E-state index in [9.17, 15) is 9.18 Å². The molecule has 0 atom stereocenters. The average Bonchev–Trinajstić information content (AvgIpc) is 2.78. The zero-order valence-corrected chi connectivity index (χ0v) is 10.4. The van der Waals surface area contributed by atoms with Crippen LogP contribution >= 0.6 is 15.9 Å². The third-order valence-corrected chi connectivity index (χ3v) is 2.66. The lowest BCUT2D eigenvalue weighted by molar-refractivity contribution is -0.131. The highest BCUT2D eigenvalue weighted by Gasteiger charge is 2.11. The molecule has 0 fully saturated rings. The predicted octanol–water partition coefficient (Wildman–Crippen LogP) is 2.74. The topological polar surface area (TPSA) is 76.2 Å². The minimum Gasteiger partial charge on any atom is -0.478 e. The van der Waals surface area contributed by atoms with Crippen LogP contribution in [0.2, 0.25) is 0 Å². The molecule has 92 valence electrons. The van der Waals surface area contributed by atoms with E-state index in [1.165, 1.54) is 18.2 Å². The van der Waals surface area contributed by atoms with Gasteiger partial charge < -0.3 is 9.52 Å². The summed E-state index contributed by atoms with van der Waals surface area (Å²) in [6, 6.07) is 4.04. The SMILES string of the molecule is O=C(O)/C=C/c1nnc(-c2cc(F)ccc2Br)o1. The fourth-order valence-corrected chi connectivity index (χ4v) is 1.63. The fraction of sp³-hybridized carbons (Fsp3) is 0. The average molecular weight is 313 g/mol. The van der Waals surface area contributed by atoms with Crippen molar-refractivity contribution in [2.45, 2.75) is 0 Å². The Bertz CT molecular complexity index is 625. The van der Waals surface area contributed by atoms with Crippen LogP contribution in [0, 0.1) is 5.82 Å². The van der Waals surface area contributed by atoms with Crippen molar-refractivity contribution in [2.75, 3.05) is 0 Å². The molecule has 0 aliphatic heterocycles. The van der Waals surface area contributed by atoms with Crippen LogP contribution in [0.3, 0.4) is 0 Å². The smallest absolute Gasteiger partial charge is 0.328 e. The molecule has 0 spiro atoms. The second-order valence-electron chi connectivity index (χ2n) is 3.24. The summed E-state index contributed by atoms with van der Waals surface area (Å²) in [7, 11) is 0. The summed E-state index contributed by atoms with van der Waals surface area (Å²) in [5, 5.41) is 15.8. The molecule has 1 aromatic heterocycles. The molecule has 0 amide bonds. The van der Waals surface area contributed by atoms with E-state index in [1.807, 2.05) is 0 Å². The molecule has 18 heavy (non-hydrogen) atoms. The number of hydrogen-bond donors (Lipinski definition) is 1. The predicted molar refractivity (Wildman–Crippen MR) is 64.1 cm³/mol. The van der Waals surface area contributed by atoms with Crippen molar-refractivity contribution in [3.8, 4) is 11.5 Å². The van der Waals surface area contributed by atoms with Crippen LogP contribution in [0.1, 0.15) is 5.89 Å². The lowest BCUT2D eigenvalue weighted by Crippen LogP contribution is -1.85. The second-order valence-corrected chi connectivity index (χ2v) is 4.10. The van der Waals surface area contributed by atoms with Gasteiger partial charge in [0.1, 0.15) is 5.82 Å². The maximum atomic E-state index is 13.1. The molecule has 5 nitrogen and oxygen atoms in total. The lowest BCUT2D eigenvalue weighted by Gasteiger charge is -1.98. The quantitative estimate of drug-likeness (QED) is 0.882. The first-order valence-electron chi connectivity index (χ1n) is 4.76. The van der Waals surface area contributed by atoms with Gasteiger partial charge in [0.05, 0.1) is 5.56 Å². The normalized spacial score (nSPS) is 11.0. The molecule has 7 heteroatoms. The summed E-state index contributed by atoms with van der Waals surface area (Å²) in [6.45, 7) is 0. The van der Waals surface area contributed by atoms with Crippen molar-refractivity contribution in [2.24, 2.45) is 0 Å². The first-order valence-corrected chi connectivity index (χ1v) is 5.55. The van der Waals surface area contributed by atoms with Crippen molar-refractivity contribution >= 4 is 28.0 Å². The maximum absolute atomic E-state index is 13.1. The van der Waals surface area contributed by atoms with Gasteiger partial charge in [0.15, 0.2) is 0 Å². The van der Waals surface area contributed by atoms with E-state index in [4.69, 9.17) is 9.52 Å². The monoisotopic (exact) mass is 312 g/mol. The van der Waals surface area contributed by atoms with Crippen molar-refractivity contribution in [3.05, 3.63) is 40.5 Å². The largest absolute Gasteiger partial charge is 0.478 e. The molecular weight excluding hydrogens is 307 g/mol. The van der Waals surface area contributed by atoms with Gasteiger partial charge in [-0.1, -0.05) is 0 Å². The molecule has 1 N–H and O–H groups in total. The van der Waals surface area contributed by atoms with E-state index < -0.39 is 11.8 Å². The van der Waals surface area contributed by atoms with Crippen LogP contribution in [0.4, 0.5) is 4.39 Å². The Labute approximate surface area is 109 Å². The van der Waals surface area contributed by atoms with Gasteiger partial charge in [0.2, 0.25) is 11.8 Å². The molecule has 0 bridgehead atoms. The molecule has 0 unspecified atom stereocenters. The Balaban J connectivity index is 2.35. The minimum absolute atomic E-state index is 0.0311. The highest BCUT2D eigenvalue weighted by Crippen LogP contribution is 2.28. The number of halogens is 2. The number of aromatic nitrogens is 2. The number of hydrogen-bond acceptors (Lipinski definition) is 4. The number of rotatable bonds is 3. The second kappa shape index (κ2) is 5.09. The highest BCUT2D eigenvalue weighted by atomic mass is 79.9. The van der Waals surface area contributed by atoms with Gasteiger partial charge >= 0.3 is 5.97 Å². The summed E-state index contributed by atoms with van der Waals surface area (Å²) in [6.07, 6.45) is 2.03. The van der Waals surface area contributed by atoms with Crippen LogP contribution in [-0.2, 0) is 4.79 Å². The molecule has 1 aromatic carbocycles. The van der Waals surface area contributed by atoms with E-state index in [-0.39, 0.29) is 11.8 Å². The molecule has 0 saturated heterocycles. The zero-order valence-electron chi connectivity index (χ0n) is 8.80. The number of nitrogens with zero attached hydrogens (tertiary/aromatic N) is 2. The number of carbonyl (C=O) groups is 1. The van der Waals surface area contributed by atoms with Crippen LogP contribution < -0.4 is 0 Å². The molecule has 2 rings (SSSR count). The fourth-order valence-electron chi connectivity index (χ4n) is 1.21. The van der Waals surface area contributed by atoms with E-state index >= 15 is 0 Å². The van der Waals surface area contributed by atoms with Gasteiger partial charge in [0, 0.05) is 16.6 Å². The summed E-state index contributed by atoms with van der Waals surface area (Å²) < 4.78 is 18.9. The van der Waals surface area contributed by atoms with Crippen molar-refractivity contribution in [1.82, 2.24) is 10.2 Å². The zero-order chi connectivity index (χ0) is 13.1. The lowest BCUT2D eigenvalue weighted by atomic mass is 10.2. The van der Waals surface area contributed by atoms with Crippen LogP contribution in [0.15, 0.2) is 33.2 Å². The van der Waals surface area contributed by atoms with Gasteiger partial charge in [-0.15, -0.1) is 10.2 Å².